The van der Waals surface area contributed by atoms with Crippen LogP contribution in [0.1, 0.15) is 21.5 Å². The summed E-state index contributed by atoms with van der Waals surface area (Å²) >= 11 is 2.25. The minimum Gasteiger partial charge on any atom is -0.307 e. The first-order valence-corrected chi connectivity index (χ1v) is 7.40. The summed E-state index contributed by atoms with van der Waals surface area (Å²) < 4.78 is 1.15. The summed E-state index contributed by atoms with van der Waals surface area (Å²) in [4.78, 5) is 14.5. The van der Waals surface area contributed by atoms with E-state index in [1.807, 2.05) is 29.2 Å². The molecule has 0 radical (unpaired) electrons. The molecule has 0 spiro atoms. The predicted octanol–water partition coefficient (Wildman–Crippen LogP) is 3.80. The average molecular weight is 363 g/mol. The molecule has 3 rings (SSSR count). The van der Waals surface area contributed by atoms with Gasteiger partial charge in [-0.25, -0.2) is 0 Å². The summed E-state index contributed by atoms with van der Waals surface area (Å²) in [6.45, 7) is 2.85. The van der Waals surface area contributed by atoms with Gasteiger partial charge in [0.15, 0.2) is 0 Å². The second kappa shape index (κ2) is 4.96. The van der Waals surface area contributed by atoms with Crippen LogP contribution >= 0.6 is 22.6 Å². The number of carbonyl (C=O) groups excluding carboxylic acids is 1. The number of halogens is 1. The predicted molar refractivity (Wildman–Crippen MR) is 85.7 cm³/mol. The van der Waals surface area contributed by atoms with Crippen LogP contribution in [-0.2, 0) is 6.42 Å². The molecule has 1 heterocycles. The van der Waals surface area contributed by atoms with E-state index in [1.54, 1.807) is 0 Å². The average Bonchev–Trinajstić information content (AvgIpc) is 2.84. The molecule has 2 nitrogen and oxygen atoms in total. The van der Waals surface area contributed by atoms with Crippen LogP contribution in [0.2, 0.25) is 0 Å². The monoisotopic (exact) mass is 363 g/mol. The van der Waals surface area contributed by atoms with E-state index in [0.717, 1.165) is 27.8 Å². The van der Waals surface area contributed by atoms with E-state index in [0.29, 0.717) is 0 Å². The summed E-state index contributed by atoms with van der Waals surface area (Å²) in [6.07, 6.45) is 0.952. The zero-order valence-electron chi connectivity index (χ0n) is 10.7. The molecule has 96 valence electrons. The molecule has 2 aromatic rings. The number of amides is 1. The molecule has 0 unspecified atom stereocenters. The first-order valence-electron chi connectivity index (χ1n) is 6.33. The third-order valence-electron chi connectivity index (χ3n) is 3.53. The minimum absolute atomic E-state index is 0.101. The van der Waals surface area contributed by atoms with E-state index in [4.69, 9.17) is 0 Å². The molecule has 1 amide bonds. The fraction of sp³-hybridized carbons (Fsp3) is 0.188. The summed E-state index contributed by atoms with van der Waals surface area (Å²) in [5, 5.41) is 0. The first-order chi connectivity index (χ1) is 9.16. The van der Waals surface area contributed by atoms with Crippen LogP contribution < -0.4 is 4.90 Å². The Labute approximate surface area is 126 Å². The summed E-state index contributed by atoms with van der Waals surface area (Å²) in [5.74, 6) is 0.101. The highest BCUT2D eigenvalue weighted by atomic mass is 127. The number of aryl methyl sites for hydroxylation is 1. The van der Waals surface area contributed by atoms with E-state index in [9.17, 15) is 4.79 Å². The Bertz CT molecular complexity index is 634. The van der Waals surface area contributed by atoms with Crippen molar-refractivity contribution in [2.75, 3.05) is 11.4 Å². The van der Waals surface area contributed by atoms with Crippen LogP contribution in [0.5, 0.6) is 0 Å². The standard InChI is InChI=1S/C16H14INO/c1-11-3-2-4-12-9-10-18(15(11)12)16(19)13-5-7-14(17)8-6-13/h2-8H,9-10H2,1H3. The first kappa shape index (κ1) is 12.7. The van der Waals surface area contributed by atoms with Crippen LogP contribution in [0.4, 0.5) is 5.69 Å². The van der Waals surface area contributed by atoms with Crippen LogP contribution in [0.15, 0.2) is 42.5 Å². The molecule has 0 saturated carbocycles. The van der Waals surface area contributed by atoms with Crippen molar-refractivity contribution < 1.29 is 4.79 Å². The van der Waals surface area contributed by atoms with E-state index in [2.05, 4.69) is 47.7 Å². The third kappa shape index (κ3) is 2.27. The van der Waals surface area contributed by atoms with Gasteiger partial charge in [0.2, 0.25) is 0 Å². The number of anilines is 1. The smallest absolute Gasteiger partial charge is 0.258 e. The fourth-order valence-electron chi connectivity index (χ4n) is 2.60. The molecule has 0 fully saturated rings. The number of nitrogens with zero attached hydrogens (tertiary/aromatic N) is 1. The highest BCUT2D eigenvalue weighted by Gasteiger charge is 2.26. The molecule has 19 heavy (non-hydrogen) atoms. The van der Waals surface area contributed by atoms with Gasteiger partial charge in [-0.1, -0.05) is 18.2 Å². The maximum absolute atomic E-state index is 12.6. The molecule has 0 aliphatic carbocycles. The molecule has 0 N–H and O–H groups in total. The van der Waals surface area contributed by atoms with Crippen molar-refractivity contribution in [2.24, 2.45) is 0 Å². The van der Waals surface area contributed by atoms with Crippen molar-refractivity contribution in [2.45, 2.75) is 13.3 Å². The van der Waals surface area contributed by atoms with Gasteiger partial charge in [0.25, 0.3) is 5.91 Å². The maximum atomic E-state index is 12.6. The number of carbonyl (C=O) groups is 1. The highest BCUT2D eigenvalue weighted by molar-refractivity contribution is 14.1. The van der Waals surface area contributed by atoms with Crippen molar-refractivity contribution >= 4 is 34.2 Å². The molecule has 0 aromatic heterocycles. The van der Waals surface area contributed by atoms with Gasteiger partial charge in [-0.3, -0.25) is 4.79 Å². The summed E-state index contributed by atoms with van der Waals surface area (Å²) in [7, 11) is 0. The van der Waals surface area contributed by atoms with Crippen molar-refractivity contribution in [3.63, 3.8) is 0 Å². The summed E-state index contributed by atoms with van der Waals surface area (Å²) in [5.41, 5.74) is 4.32. The molecule has 2 aromatic carbocycles. The van der Waals surface area contributed by atoms with E-state index in [1.165, 1.54) is 11.1 Å². The maximum Gasteiger partial charge on any atom is 0.258 e. The van der Waals surface area contributed by atoms with Crippen LogP contribution in [0, 0.1) is 10.5 Å². The quantitative estimate of drug-likeness (QED) is 0.706. The molecule has 0 atom stereocenters. The van der Waals surface area contributed by atoms with Crippen LogP contribution in [-0.4, -0.2) is 12.5 Å². The SMILES string of the molecule is Cc1cccc2c1N(C(=O)c1ccc(I)cc1)CC2. The molecular formula is C16H14INO. The molecule has 1 aliphatic rings. The molecule has 1 aliphatic heterocycles. The second-order valence-electron chi connectivity index (χ2n) is 4.80. The van der Waals surface area contributed by atoms with Crippen molar-refractivity contribution in [3.8, 4) is 0 Å². The Morgan fingerprint density at radius 3 is 2.63 bits per heavy atom. The number of para-hydroxylation sites is 1. The molecular weight excluding hydrogens is 349 g/mol. The number of fused-ring (bicyclic) bond motifs is 1. The van der Waals surface area contributed by atoms with E-state index in [-0.39, 0.29) is 5.91 Å². The number of hydrogen-bond acceptors (Lipinski definition) is 1. The van der Waals surface area contributed by atoms with Gasteiger partial charge >= 0.3 is 0 Å². The Morgan fingerprint density at radius 1 is 1.16 bits per heavy atom. The van der Waals surface area contributed by atoms with Crippen molar-refractivity contribution in [1.82, 2.24) is 0 Å². The zero-order valence-corrected chi connectivity index (χ0v) is 12.8. The van der Waals surface area contributed by atoms with Gasteiger partial charge in [-0.05, 0) is 71.3 Å². The van der Waals surface area contributed by atoms with Gasteiger partial charge in [-0.15, -0.1) is 0 Å². The Balaban J connectivity index is 1.98. The lowest BCUT2D eigenvalue weighted by Gasteiger charge is -2.19. The second-order valence-corrected chi connectivity index (χ2v) is 6.04. The topological polar surface area (TPSA) is 20.3 Å². The Kier molecular flexibility index (Phi) is 3.31. The fourth-order valence-corrected chi connectivity index (χ4v) is 2.96. The molecule has 0 saturated heterocycles. The van der Waals surface area contributed by atoms with Crippen molar-refractivity contribution in [3.05, 3.63) is 62.7 Å². The van der Waals surface area contributed by atoms with Gasteiger partial charge in [0.05, 0.1) is 5.69 Å². The normalized spacial score (nSPS) is 13.5. The van der Waals surface area contributed by atoms with Gasteiger partial charge in [-0.2, -0.15) is 0 Å². The molecule has 0 bridgehead atoms. The van der Waals surface area contributed by atoms with Crippen LogP contribution in [0.25, 0.3) is 0 Å². The number of hydrogen-bond donors (Lipinski definition) is 0. The largest absolute Gasteiger partial charge is 0.307 e. The third-order valence-corrected chi connectivity index (χ3v) is 4.25. The van der Waals surface area contributed by atoms with Crippen molar-refractivity contribution in [1.29, 1.82) is 0 Å². The molecule has 3 heteroatoms. The Morgan fingerprint density at radius 2 is 1.89 bits per heavy atom. The lowest BCUT2D eigenvalue weighted by Crippen LogP contribution is -2.29. The zero-order chi connectivity index (χ0) is 13.4. The minimum atomic E-state index is 0.101. The van der Waals surface area contributed by atoms with Gasteiger partial charge in [0.1, 0.15) is 0 Å². The number of benzene rings is 2. The van der Waals surface area contributed by atoms with E-state index < -0.39 is 0 Å². The summed E-state index contributed by atoms with van der Waals surface area (Å²) in [6, 6.07) is 14.0. The lowest BCUT2D eigenvalue weighted by atomic mass is 10.1. The lowest BCUT2D eigenvalue weighted by molar-refractivity contribution is 0.0989. The van der Waals surface area contributed by atoms with Gasteiger partial charge < -0.3 is 4.90 Å². The van der Waals surface area contributed by atoms with E-state index >= 15 is 0 Å². The van der Waals surface area contributed by atoms with Crippen LogP contribution in [0.3, 0.4) is 0 Å². The highest BCUT2D eigenvalue weighted by Crippen LogP contribution is 2.32. The number of rotatable bonds is 1. The Hall–Kier alpha value is -1.36. The van der Waals surface area contributed by atoms with Gasteiger partial charge in [0, 0.05) is 15.7 Å².